The largest absolute Gasteiger partial charge is 0.465 e. The molecule has 0 aliphatic carbocycles. The standard InChI is InChI=1S/C15H20O3/c1-10(2)13(11-6-4-3-5-7-11)14-12(8-16)9-18-15(14)17/h3-7,10,12-14,16H,8-9H2,1-2H3/t12-,13?,14-/m1/s1. The molecule has 0 radical (unpaired) electrons. The summed E-state index contributed by atoms with van der Waals surface area (Å²) in [6.45, 7) is 4.57. The predicted molar refractivity (Wildman–Crippen MR) is 69.0 cm³/mol. The second-order valence-electron chi connectivity index (χ2n) is 5.28. The van der Waals surface area contributed by atoms with E-state index < -0.39 is 0 Å². The minimum Gasteiger partial charge on any atom is -0.465 e. The fraction of sp³-hybridized carbons (Fsp3) is 0.533. The van der Waals surface area contributed by atoms with Gasteiger partial charge in [0.1, 0.15) is 0 Å². The van der Waals surface area contributed by atoms with Crippen molar-refractivity contribution in [2.24, 2.45) is 17.8 Å². The highest BCUT2D eigenvalue weighted by atomic mass is 16.5. The maximum absolute atomic E-state index is 11.9. The van der Waals surface area contributed by atoms with Gasteiger partial charge in [0.05, 0.1) is 12.5 Å². The first-order valence-electron chi connectivity index (χ1n) is 6.47. The van der Waals surface area contributed by atoms with Crippen LogP contribution in [0.2, 0.25) is 0 Å². The molecule has 0 spiro atoms. The van der Waals surface area contributed by atoms with Crippen LogP contribution in [-0.2, 0) is 9.53 Å². The topological polar surface area (TPSA) is 46.5 Å². The van der Waals surface area contributed by atoms with E-state index in [2.05, 4.69) is 13.8 Å². The lowest BCUT2D eigenvalue weighted by molar-refractivity contribution is -0.142. The van der Waals surface area contributed by atoms with E-state index in [0.717, 1.165) is 5.56 Å². The van der Waals surface area contributed by atoms with E-state index >= 15 is 0 Å². The van der Waals surface area contributed by atoms with Gasteiger partial charge in [-0.3, -0.25) is 4.79 Å². The van der Waals surface area contributed by atoms with Crippen molar-refractivity contribution < 1.29 is 14.6 Å². The van der Waals surface area contributed by atoms with E-state index in [0.29, 0.717) is 12.5 Å². The minimum absolute atomic E-state index is 0.00641. The molecule has 3 nitrogen and oxygen atoms in total. The molecule has 1 N–H and O–H groups in total. The molecule has 1 aliphatic rings. The van der Waals surface area contributed by atoms with Gasteiger partial charge >= 0.3 is 5.97 Å². The number of esters is 1. The lowest BCUT2D eigenvalue weighted by atomic mass is 9.74. The van der Waals surface area contributed by atoms with Crippen molar-refractivity contribution in [2.45, 2.75) is 19.8 Å². The summed E-state index contributed by atoms with van der Waals surface area (Å²) in [6, 6.07) is 10.0. The highest BCUT2D eigenvalue weighted by Gasteiger charge is 2.43. The van der Waals surface area contributed by atoms with E-state index in [1.165, 1.54) is 0 Å². The maximum Gasteiger partial charge on any atom is 0.310 e. The Morgan fingerprint density at radius 1 is 1.33 bits per heavy atom. The molecule has 1 fully saturated rings. The van der Waals surface area contributed by atoms with Crippen LogP contribution in [0.4, 0.5) is 0 Å². The number of carbonyl (C=O) groups excluding carboxylic acids is 1. The Bertz CT molecular complexity index is 399. The third-order valence-electron chi connectivity index (χ3n) is 3.74. The van der Waals surface area contributed by atoms with Crippen LogP contribution in [0.25, 0.3) is 0 Å². The second kappa shape index (κ2) is 5.53. The van der Waals surface area contributed by atoms with E-state index in [4.69, 9.17) is 4.74 Å². The van der Waals surface area contributed by atoms with E-state index in [9.17, 15) is 9.90 Å². The van der Waals surface area contributed by atoms with Crippen molar-refractivity contribution in [3.63, 3.8) is 0 Å². The first kappa shape index (κ1) is 13.1. The van der Waals surface area contributed by atoms with Crippen molar-refractivity contribution in [3.05, 3.63) is 35.9 Å². The zero-order chi connectivity index (χ0) is 13.1. The van der Waals surface area contributed by atoms with Crippen LogP contribution < -0.4 is 0 Å². The summed E-state index contributed by atoms with van der Waals surface area (Å²) in [5.41, 5.74) is 1.15. The molecule has 0 saturated carbocycles. The van der Waals surface area contributed by atoms with Gasteiger partial charge < -0.3 is 9.84 Å². The summed E-state index contributed by atoms with van der Waals surface area (Å²) in [7, 11) is 0. The smallest absolute Gasteiger partial charge is 0.310 e. The molecule has 0 bridgehead atoms. The van der Waals surface area contributed by atoms with Crippen LogP contribution in [-0.4, -0.2) is 24.3 Å². The van der Waals surface area contributed by atoms with Gasteiger partial charge in [0.25, 0.3) is 0 Å². The number of rotatable bonds is 4. The van der Waals surface area contributed by atoms with E-state index in [1.54, 1.807) is 0 Å². The molecule has 3 atom stereocenters. The van der Waals surface area contributed by atoms with Crippen molar-refractivity contribution >= 4 is 5.97 Å². The Balaban J connectivity index is 2.33. The number of cyclic esters (lactones) is 1. The summed E-state index contributed by atoms with van der Waals surface area (Å²) in [4.78, 5) is 11.9. The number of ether oxygens (including phenoxy) is 1. The average molecular weight is 248 g/mol. The quantitative estimate of drug-likeness (QED) is 0.831. The van der Waals surface area contributed by atoms with Crippen LogP contribution in [0, 0.1) is 17.8 Å². The molecule has 1 aliphatic heterocycles. The number of hydrogen-bond acceptors (Lipinski definition) is 3. The molecule has 3 heteroatoms. The molecule has 2 rings (SSSR count). The van der Waals surface area contributed by atoms with Crippen LogP contribution in [0.5, 0.6) is 0 Å². The summed E-state index contributed by atoms with van der Waals surface area (Å²) >= 11 is 0. The van der Waals surface area contributed by atoms with Crippen LogP contribution in [0.1, 0.15) is 25.3 Å². The van der Waals surface area contributed by atoms with Gasteiger partial charge in [0, 0.05) is 12.5 Å². The van der Waals surface area contributed by atoms with Crippen molar-refractivity contribution in [1.29, 1.82) is 0 Å². The fourth-order valence-corrected chi connectivity index (χ4v) is 2.87. The lowest BCUT2D eigenvalue weighted by Gasteiger charge is -2.28. The first-order chi connectivity index (χ1) is 8.65. The molecule has 1 aromatic rings. The molecule has 1 saturated heterocycles. The molecule has 1 unspecified atom stereocenters. The van der Waals surface area contributed by atoms with Gasteiger partial charge in [-0.15, -0.1) is 0 Å². The highest BCUT2D eigenvalue weighted by molar-refractivity contribution is 5.76. The fourth-order valence-electron chi connectivity index (χ4n) is 2.87. The second-order valence-corrected chi connectivity index (χ2v) is 5.28. The van der Waals surface area contributed by atoms with Gasteiger partial charge in [-0.2, -0.15) is 0 Å². The Labute approximate surface area is 108 Å². The number of carbonyl (C=O) groups is 1. The van der Waals surface area contributed by atoms with E-state index in [1.807, 2.05) is 30.3 Å². The number of aliphatic hydroxyl groups is 1. The van der Waals surface area contributed by atoms with Gasteiger partial charge in [-0.1, -0.05) is 44.2 Å². The Hall–Kier alpha value is -1.35. The third kappa shape index (κ3) is 2.41. The molecular formula is C15H20O3. The molecular weight excluding hydrogens is 228 g/mol. The van der Waals surface area contributed by atoms with Crippen LogP contribution in [0.3, 0.4) is 0 Å². The molecule has 0 aromatic heterocycles. The highest BCUT2D eigenvalue weighted by Crippen LogP contribution is 2.40. The normalized spacial score (nSPS) is 25.2. The van der Waals surface area contributed by atoms with Crippen LogP contribution >= 0.6 is 0 Å². The number of benzene rings is 1. The van der Waals surface area contributed by atoms with Crippen LogP contribution in [0.15, 0.2) is 30.3 Å². The lowest BCUT2D eigenvalue weighted by Crippen LogP contribution is -2.29. The minimum atomic E-state index is -0.225. The maximum atomic E-state index is 11.9. The van der Waals surface area contributed by atoms with Gasteiger partial charge in [0.15, 0.2) is 0 Å². The summed E-state index contributed by atoms with van der Waals surface area (Å²) < 4.78 is 5.12. The van der Waals surface area contributed by atoms with Gasteiger partial charge in [0.2, 0.25) is 0 Å². The zero-order valence-electron chi connectivity index (χ0n) is 10.9. The summed E-state index contributed by atoms with van der Waals surface area (Å²) in [6.07, 6.45) is 0. The molecule has 0 amide bonds. The number of aliphatic hydroxyl groups excluding tert-OH is 1. The molecule has 18 heavy (non-hydrogen) atoms. The monoisotopic (exact) mass is 248 g/mol. The Morgan fingerprint density at radius 3 is 2.56 bits per heavy atom. The SMILES string of the molecule is CC(C)C(c1ccccc1)[C@@H]1C(=O)OC[C@H]1CO. The Kier molecular flexibility index (Phi) is 4.02. The van der Waals surface area contributed by atoms with Crippen molar-refractivity contribution in [3.8, 4) is 0 Å². The number of hydrogen-bond donors (Lipinski definition) is 1. The van der Waals surface area contributed by atoms with Crippen molar-refractivity contribution in [1.82, 2.24) is 0 Å². The summed E-state index contributed by atoms with van der Waals surface area (Å²) in [5, 5.41) is 9.40. The predicted octanol–water partition coefficient (Wildman–Crippen LogP) is 2.21. The molecule has 1 heterocycles. The zero-order valence-corrected chi connectivity index (χ0v) is 10.9. The summed E-state index contributed by atoms with van der Waals surface area (Å²) in [5.74, 6) is -0.0328. The Morgan fingerprint density at radius 2 is 2.00 bits per heavy atom. The molecule has 98 valence electrons. The van der Waals surface area contributed by atoms with E-state index in [-0.39, 0.29) is 30.3 Å². The first-order valence-corrected chi connectivity index (χ1v) is 6.47. The van der Waals surface area contributed by atoms with Crippen molar-refractivity contribution in [2.75, 3.05) is 13.2 Å². The third-order valence-corrected chi connectivity index (χ3v) is 3.74. The van der Waals surface area contributed by atoms with Gasteiger partial charge in [-0.05, 0) is 17.4 Å². The molecule has 1 aromatic carbocycles. The van der Waals surface area contributed by atoms with Gasteiger partial charge in [-0.25, -0.2) is 0 Å². The average Bonchev–Trinajstić information content (AvgIpc) is 2.72.